The molecule has 6 aromatic heterocycles. The maximum atomic E-state index is 5.86. The maximum Gasteiger partial charge on any atom is 0.138 e. The highest BCUT2D eigenvalue weighted by Crippen LogP contribution is 2.35. The van der Waals surface area contributed by atoms with E-state index in [4.69, 9.17) is 9.72 Å². The summed E-state index contributed by atoms with van der Waals surface area (Å²) in [5.41, 5.74) is 6.93. The Kier molecular flexibility index (Phi) is 5.48. The van der Waals surface area contributed by atoms with Crippen LogP contribution in [-0.2, 0) is 0 Å². The average Bonchev–Trinajstić information content (AvgIpc) is 3.62. The topological polar surface area (TPSA) is 95.6 Å². The van der Waals surface area contributed by atoms with Gasteiger partial charge in [-0.25, -0.2) is 9.97 Å². The Morgan fingerprint density at radius 3 is 2.89 bits per heavy atom. The SMILES string of the molecule is CN(C)CCOc1cncc(-c2ccc3[nH]nc(-c4cc5c(-c6cccs6)ccnc5[nH]4)c3n2)c1. The first-order chi connectivity index (χ1) is 17.2. The van der Waals surface area contributed by atoms with Gasteiger partial charge in [-0.05, 0) is 55.9 Å². The van der Waals surface area contributed by atoms with E-state index >= 15 is 0 Å². The largest absolute Gasteiger partial charge is 0.491 e. The van der Waals surface area contributed by atoms with E-state index in [2.05, 4.69) is 53.6 Å². The zero-order valence-electron chi connectivity index (χ0n) is 19.3. The molecular weight excluding hydrogens is 458 g/mol. The highest BCUT2D eigenvalue weighted by Gasteiger charge is 2.16. The van der Waals surface area contributed by atoms with Crippen LogP contribution < -0.4 is 4.74 Å². The maximum absolute atomic E-state index is 5.86. The van der Waals surface area contributed by atoms with Crippen LogP contribution in [0.25, 0.3) is 55.2 Å². The molecule has 0 amide bonds. The lowest BCUT2D eigenvalue weighted by molar-refractivity contribution is 0.261. The van der Waals surface area contributed by atoms with Crippen molar-refractivity contribution in [2.75, 3.05) is 27.2 Å². The Bertz CT molecular complexity index is 1620. The number of ether oxygens (including phenoxy) is 1. The van der Waals surface area contributed by atoms with Crippen molar-refractivity contribution in [1.29, 1.82) is 0 Å². The number of nitrogens with zero attached hydrogens (tertiary/aromatic N) is 5. The molecule has 0 radical (unpaired) electrons. The molecule has 0 unspecified atom stereocenters. The Balaban J connectivity index is 1.38. The summed E-state index contributed by atoms with van der Waals surface area (Å²) < 4.78 is 5.86. The zero-order valence-corrected chi connectivity index (χ0v) is 20.1. The molecule has 0 atom stereocenters. The van der Waals surface area contributed by atoms with Crippen LogP contribution in [0, 0.1) is 0 Å². The van der Waals surface area contributed by atoms with Gasteiger partial charge in [0.25, 0.3) is 0 Å². The van der Waals surface area contributed by atoms with Crippen molar-refractivity contribution in [3.8, 4) is 38.8 Å². The fraction of sp³-hybridized carbons (Fsp3) is 0.154. The van der Waals surface area contributed by atoms with Crippen molar-refractivity contribution in [3.05, 3.63) is 66.4 Å². The van der Waals surface area contributed by atoms with Crippen LogP contribution in [0.15, 0.2) is 66.4 Å². The van der Waals surface area contributed by atoms with Crippen LogP contribution in [0.1, 0.15) is 0 Å². The molecule has 174 valence electrons. The minimum absolute atomic E-state index is 0.596. The van der Waals surface area contributed by atoms with Crippen molar-refractivity contribution < 1.29 is 4.74 Å². The Hall–Kier alpha value is -4.08. The smallest absolute Gasteiger partial charge is 0.138 e. The Morgan fingerprint density at radius 1 is 1.09 bits per heavy atom. The summed E-state index contributed by atoms with van der Waals surface area (Å²) in [5.74, 6) is 0.724. The molecule has 0 fully saturated rings. The molecule has 0 aromatic carbocycles. The second-order valence-corrected chi connectivity index (χ2v) is 9.45. The minimum Gasteiger partial charge on any atom is -0.491 e. The first kappa shape index (κ1) is 21.5. The van der Waals surface area contributed by atoms with Gasteiger partial charge < -0.3 is 14.6 Å². The van der Waals surface area contributed by atoms with Gasteiger partial charge in [0.05, 0.1) is 23.1 Å². The van der Waals surface area contributed by atoms with Crippen molar-refractivity contribution in [2.24, 2.45) is 0 Å². The predicted octanol–water partition coefficient (Wildman–Crippen LogP) is 5.23. The van der Waals surface area contributed by atoms with E-state index in [-0.39, 0.29) is 0 Å². The number of thiophene rings is 1. The molecule has 6 aromatic rings. The molecular formula is C26H23N7OS. The summed E-state index contributed by atoms with van der Waals surface area (Å²) in [6, 6.07) is 14.3. The molecule has 6 rings (SSSR count). The summed E-state index contributed by atoms with van der Waals surface area (Å²) in [6.45, 7) is 1.43. The van der Waals surface area contributed by atoms with E-state index in [1.807, 2.05) is 44.6 Å². The standard InChI is InChI=1S/C26H23N7OS/c1-33(2)9-10-34-17-12-16(14-27-15-17)20-5-6-21-24(29-20)25(32-31-21)22-13-19-18(23-4-3-11-35-23)7-8-28-26(19)30-22/h3-8,11-15H,9-10H2,1-2H3,(H,28,30)(H,31,32). The summed E-state index contributed by atoms with van der Waals surface area (Å²) in [4.78, 5) is 20.5. The number of pyridine rings is 3. The van der Waals surface area contributed by atoms with Gasteiger partial charge in [0.15, 0.2) is 0 Å². The van der Waals surface area contributed by atoms with E-state index in [0.29, 0.717) is 6.61 Å². The van der Waals surface area contributed by atoms with Gasteiger partial charge in [-0.2, -0.15) is 5.10 Å². The molecule has 0 aliphatic heterocycles. The lowest BCUT2D eigenvalue weighted by atomic mass is 10.1. The number of aromatic nitrogens is 6. The van der Waals surface area contributed by atoms with Gasteiger partial charge in [0.2, 0.25) is 0 Å². The van der Waals surface area contributed by atoms with Crippen LogP contribution >= 0.6 is 11.3 Å². The first-order valence-corrected chi connectivity index (χ1v) is 12.1. The normalized spacial score (nSPS) is 11.6. The van der Waals surface area contributed by atoms with E-state index in [9.17, 15) is 0 Å². The number of H-pyrrole nitrogens is 2. The molecule has 35 heavy (non-hydrogen) atoms. The third-order valence-corrected chi connectivity index (χ3v) is 6.70. The van der Waals surface area contributed by atoms with Crippen LogP contribution in [0.3, 0.4) is 0 Å². The van der Waals surface area contributed by atoms with Gasteiger partial charge >= 0.3 is 0 Å². The van der Waals surface area contributed by atoms with Gasteiger partial charge in [-0.1, -0.05) is 6.07 Å². The lowest BCUT2D eigenvalue weighted by Gasteiger charge is -2.11. The predicted molar refractivity (Wildman–Crippen MR) is 140 cm³/mol. The van der Waals surface area contributed by atoms with Gasteiger partial charge in [-0.3, -0.25) is 10.1 Å². The molecule has 0 saturated carbocycles. The zero-order chi connectivity index (χ0) is 23.8. The quantitative estimate of drug-likeness (QED) is 0.324. The highest BCUT2D eigenvalue weighted by molar-refractivity contribution is 7.13. The summed E-state index contributed by atoms with van der Waals surface area (Å²) in [5, 5.41) is 10.8. The third kappa shape index (κ3) is 4.16. The van der Waals surface area contributed by atoms with Gasteiger partial charge in [0, 0.05) is 40.3 Å². The van der Waals surface area contributed by atoms with Crippen LogP contribution in [0.4, 0.5) is 0 Å². The molecule has 0 aliphatic carbocycles. The fourth-order valence-corrected chi connectivity index (χ4v) is 4.80. The number of rotatable bonds is 7. The third-order valence-electron chi connectivity index (χ3n) is 5.80. The Labute approximate surface area is 205 Å². The lowest BCUT2D eigenvalue weighted by Crippen LogP contribution is -2.19. The summed E-state index contributed by atoms with van der Waals surface area (Å²) in [6.07, 6.45) is 5.35. The van der Waals surface area contributed by atoms with Crippen molar-refractivity contribution >= 4 is 33.4 Å². The number of fused-ring (bicyclic) bond motifs is 2. The van der Waals surface area contributed by atoms with E-state index < -0.39 is 0 Å². The number of likely N-dealkylation sites (N-methyl/N-ethyl adjacent to an activating group) is 1. The number of nitrogens with one attached hydrogen (secondary N) is 2. The highest BCUT2D eigenvalue weighted by atomic mass is 32.1. The van der Waals surface area contributed by atoms with Crippen LogP contribution in [-0.4, -0.2) is 62.3 Å². The van der Waals surface area contributed by atoms with E-state index in [0.717, 1.165) is 62.6 Å². The summed E-state index contributed by atoms with van der Waals surface area (Å²) >= 11 is 1.71. The summed E-state index contributed by atoms with van der Waals surface area (Å²) in [7, 11) is 4.04. The molecule has 2 N–H and O–H groups in total. The van der Waals surface area contributed by atoms with Crippen molar-refractivity contribution in [3.63, 3.8) is 0 Å². The number of aromatic amines is 2. The molecule has 9 heteroatoms. The van der Waals surface area contributed by atoms with E-state index in [1.165, 1.54) is 4.88 Å². The Morgan fingerprint density at radius 2 is 2.03 bits per heavy atom. The molecule has 8 nitrogen and oxygen atoms in total. The van der Waals surface area contributed by atoms with Crippen molar-refractivity contribution in [2.45, 2.75) is 0 Å². The monoisotopic (exact) mass is 481 g/mol. The number of hydrogen-bond donors (Lipinski definition) is 2. The second kappa shape index (κ2) is 8.94. The molecule has 6 heterocycles. The fourth-order valence-electron chi connectivity index (χ4n) is 4.03. The van der Waals surface area contributed by atoms with Gasteiger partial charge in [-0.15, -0.1) is 11.3 Å². The molecule has 0 aliphatic rings. The first-order valence-electron chi connectivity index (χ1n) is 11.3. The molecule has 0 spiro atoms. The molecule has 0 saturated heterocycles. The van der Waals surface area contributed by atoms with Crippen LogP contribution in [0.2, 0.25) is 0 Å². The molecule has 0 bridgehead atoms. The van der Waals surface area contributed by atoms with Crippen LogP contribution in [0.5, 0.6) is 5.75 Å². The number of hydrogen-bond acceptors (Lipinski definition) is 7. The van der Waals surface area contributed by atoms with Gasteiger partial charge in [0.1, 0.15) is 29.2 Å². The second-order valence-electron chi connectivity index (χ2n) is 8.51. The average molecular weight is 482 g/mol. The minimum atomic E-state index is 0.596. The van der Waals surface area contributed by atoms with E-state index in [1.54, 1.807) is 23.7 Å². The van der Waals surface area contributed by atoms with Crippen molar-refractivity contribution in [1.82, 2.24) is 35.0 Å².